The van der Waals surface area contributed by atoms with Crippen LogP contribution in [0.15, 0.2) is 0 Å². The van der Waals surface area contributed by atoms with E-state index in [4.69, 9.17) is 14.2 Å². The summed E-state index contributed by atoms with van der Waals surface area (Å²) in [6.07, 6.45) is 2.85. The summed E-state index contributed by atoms with van der Waals surface area (Å²) < 4.78 is 16.8. The van der Waals surface area contributed by atoms with Crippen LogP contribution in [0.5, 0.6) is 0 Å². The van der Waals surface area contributed by atoms with Crippen molar-refractivity contribution in [1.82, 2.24) is 0 Å². The second-order valence-electron chi connectivity index (χ2n) is 6.87. The second-order valence-corrected chi connectivity index (χ2v) is 6.87. The fraction of sp³-hybridized carbons (Fsp3) is 0.941. The fourth-order valence-electron chi connectivity index (χ4n) is 3.14. The van der Waals surface area contributed by atoms with Gasteiger partial charge in [-0.3, -0.25) is 4.79 Å². The maximum atomic E-state index is 11.6. The second kappa shape index (κ2) is 7.75. The molecule has 1 saturated heterocycles. The Morgan fingerprint density at radius 2 is 2.09 bits per heavy atom. The number of rotatable bonds is 7. The zero-order valence-corrected chi connectivity index (χ0v) is 14.2. The molecule has 0 amide bonds. The van der Waals surface area contributed by atoms with Gasteiger partial charge in [0.2, 0.25) is 0 Å². The average molecular weight is 314 g/mol. The lowest BCUT2D eigenvalue weighted by molar-refractivity contribution is -0.255. The van der Waals surface area contributed by atoms with Gasteiger partial charge in [0.25, 0.3) is 0 Å². The topological polar surface area (TPSA) is 65.0 Å². The number of aliphatic hydroxyl groups excluding tert-OH is 1. The summed E-state index contributed by atoms with van der Waals surface area (Å²) in [5.41, 5.74) is 0. The molecule has 1 heterocycles. The first kappa shape index (κ1) is 17.7. The molecule has 0 spiro atoms. The number of hydrogen-bond acceptors (Lipinski definition) is 5. The van der Waals surface area contributed by atoms with Gasteiger partial charge in [-0.15, -0.1) is 0 Å². The number of carbonyl (C=O) groups excluding carboxylic acids is 1. The predicted octanol–water partition coefficient (Wildman–Crippen LogP) is 2.50. The Hall–Kier alpha value is -0.650. The third kappa shape index (κ3) is 4.67. The van der Waals surface area contributed by atoms with Crippen LogP contribution >= 0.6 is 0 Å². The molecule has 1 aliphatic carbocycles. The van der Waals surface area contributed by atoms with Crippen LogP contribution in [0.25, 0.3) is 0 Å². The van der Waals surface area contributed by atoms with Gasteiger partial charge in [0.15, 0.2) is 6.29 Å². The molecule has 2 fully saturated rings. The van der Waals surface area contributed by atoms with Crippen molar-refractivity contribution < 1.29 is 24.1 Å². The first-order valence-corrected chi connectivity index (χ1v) is 8.58. The summed E-state index contributed by atoms with van der Waals surface area (Å²) in [6.45, 7) is 8.28. The van der Waals surface area contributed by atoms with E-state index in [0.717, 1.165) is 19.3 Å². The zero-order valence-electron chi connectivity index (χ0n) is 14.2. The third-order valence-corrected chi connectivity index (χ3v) is 4.79. The summed E-state index contributed by atoms with van der Waals surface area (Å²) in [5, 5.41) is 9.78. The van der Waals surface area contributed by atoms with Gasteiger partial charge in [-0.2, -0.15) is 0 Å². The molecule has 2 unspecified atom stereocenters. The van der Waals surface area contributed by atoms with E-state index in [1.54, 1.807) is 0 Å². The standard InChI is InChI=1S/C17H30O5/c1-5-20-16(19)14-9-13(14)7-6-11(3)21-17-10(2)8-15(18)12(4)22-17/h10-15,17-18H,5-9H2,1-4H3/t10-,11-,12+,13?,14?,15-,17-/m1/s1. The minimum Gasteiger partial charge on any atom is -0.466 e. The van der Waals surface area contributed by atoms with Crippen molar-refractivity contribution >= 4 is 5.97 Å². The first-order chi connectivity index (χ1) is 10.4. The van der Waals surface area contributed by atoms with Crippen LogP contribution in [0.4, 0.5) is 0 Å². The molecular weight excluding hydrogens is 284 g/mol. The first-order valence-electron chi connectivity index (χ1n) is 8.58. The lowest BCUT2D eigenvalue weighted by Gasteiger charge is -2.37. The summed E-state index contributed by atoms with van der Waals surface area (Å²) in [6, 6.07) is 0. The number of carbonyl (C=O) groups is 1. The summed E-state index contributed by atoms with van der Waals surface area (Å²) in [5.74, 6) is 0.706. The van der Waals surface area contributed by atoms with Gasteiger partial charge in [0.1, 0.15) is 0 Å². The van der Waals surface area contributed by atoms with Crippen molar-refractivity contribution in [2.45, 2.75) is 78.0 Å². The smallest absolute Gasteiger partial charge is 0.309 e. The maximum absolute atomic E-state index is 11.6. The minimum absolute atomic E-state index is 0.0480. The van der Waals surface area contributed by atoms with Gasteiger partial charge >= 0.3 is 5.97 Å². The van der Waals surface area contributed by atoms with E-state index in [-0.39, 0.29) is 36.3 Å². The highest BCUT2D eigenvalue weighted by Gasteiger charge is 2.43. The molecule has 128 valence electrons. The normalized spacial score (nSPS) is 39.3. The van der Waals surface area contributed by atoms with Gasteiger partial charge in [0.05, 0.1) is 30.8 Å². The third-order valence-electron chi connectivity index (χ3n) is 4.79. The summed E-state index contributed by atoms with van der Waals surface area (Å²) in [4.78, 5) is 11.6. The molecule has 0 bridgehead atoms. The van der Waals surface area contributed by atoms with E-state index in [1.165, 1.54) is 0 Å². The van der Waals surface area contributed by atoms with Crippen LogP contribution in [0.1, 0.15) is 53.4 Å². The molecule has 0 radical (unpaired) electrons. The van der Waals surface area contributed by atoms with Crippen LogP contribution < -0.4 is 0 Å². The van der Waals surface area contributed by atoms with Gasteiger partial charge in [-0.1, -0.05) is 6.92 Å². The van der Waals surface area contributed by atoms with Crippen molar-refractivity contribution in [3.8, 4) is 0 Å². The van der Waals surface area contributed by atoms with Crippen LogP contribution in [0.3, 0.4) is 0 Å². The average Bonchev–Trinajstić information content (AvgIpc) is 3.22. The Labute approximate surface area is 133 Å². The summed E-state index contributed by atoms with van der Waals surface area (Å²) in [7, 11) is 0. The molecule has 5 heteroatoms. The maximum Gasteiger partial charge on any atom is 0.309 e. The van der Waals surface area contributed by atoms with Crippen molar-refractivity contribution in [2.24, 2.45) is 17.8 Å². The Morgan fingerprint density at radius 1 is 1.36 bits per heavy atom. The van der Waals surface area contributed by atoms with E-state index in [9.17, 15) is 9.90 Å². The number of esters is 1. The van der Waals surface area contributed by atoms with E-state index in [1.807, 2.05) is 27.7 Å². The molecule has 2 rings (SSSR count). The van der Waals surface area contributed by atoms with Crippen LogP contribution in [-0.4, -0.2) is 42.3 Å². The van der Waals surface area contributed by atoms with Crippen molar-refractivity contribution in [3.05, 3.63) is 0 Å². The molecule has 5 nitrogen and oxygen atoms in total. The number of aliphatic hydroxyl groups is 1. The largest absolute Gasteiger partial charge is 0.466 e. The fourth-order valence-corrected chi connectivity index (χ4v) is 3.14. The molecule has 22 heavy (non-hydrogen) atoms. The summed E-state index contributed by atoms with van der Waals surface area (Å²) >= 11 is 0. The Bertz CT molecular complexity index is 372. The van der Waals surface area contributed by atoms with Crippen LogP contribution in [0, 0.1) is 17.8 Å². The number of ether oxygens (including phenoxy) is 3. The van der Waals surface area contributed by atoms with Gasteiger partial charge < -0.3 is 19.3 Å². The predicted molar refractivity (Wildman–Crippen MR) is 82.1 cm³/mol. The van der Waals surface area contributed by atoms with E-state index >= 15 is 0 Å². The lowest BCUT2D eigenvalue weighted by Crippen LogP contribution is -2.44. The monoisotopic (exact) mass is 314 g/mol. The number of hydrogen-bond donors (Lipinski definition) is 1. The minimum atomic E-state index is -0.401. The van der Waals surface area contributed by atoms with Gasteiger partial charge in [0, 0.05) is 5.92 Å². The Balaban J connectivity index is 1.66. The van der Waals surface area contributed by atoms with Crippen LogP contribution in [0.2, 0.25) is 0 Å². The van der Waals surface area contributed by atoms with Crippen molar-refractivity contribution in [3.63, 3.8) is 0 Å². The molecule has 2 aliphatic rings. The molecule has 7 atom stereocenters. The van der Waals surface area contributed by atoms with Crippen LogP contribution in [-0.2, 0) is 19.0 Å². The van der Waals surface area contributed by atoms with E-state index < -0.39 is 6.10 Å². The highest BCUT2D eigenvalue weighted by molar-refractivity contribution is 5.75. The Kier molecular flexibility index (Phi) is 6.24. The zero-order chi connectivity index (χ0) is 16.3. The molecule has 0 aromatic heterocycles. The quantitative estimate of drug-likeness (QED) is 0.731. The highest BCUT2D eigenvalue weighted by atomic mass is 16.7. The molecule has 1 saturated carbocycles. The molecule has 0 aromatic carbocycles. The molecule has 1 aliphatic heterocycles. The van der Waals surface area contributed by atoms with Crippen molar-refractivity contribution in [2.75, 3.05) is 6.61 Å². The lowest BCUT2D eigenvalue weighted by atomic mass is 9.96. The molecule has 0 aromatic rings. The molecular formula is C17H30O5. The van der Waals surface area contributed by atoms with E-state index in [2.05, 4.69) is 0 Å². The van der Waals surface area contributed by atoms with E-state index in [0.29, 0.717) is 18.9 Å². The van der Waals surface area contributed by atoms with Gasteiger partial charge in [-0.25, -0.2) is 0 Å². The Morgan fingerprint density at radius 3 is 2.77 bits per heavy atom. The van der Waals surface area contributed by atoms with Gasteiger partial charge in [-0.05, 0) is 52.4 Å². The molecule has 1 N–H and O–H groups in total. The highest BCUT2D eigenvalue weighted by Crippen LogP contribution is 2.43. The SMILES string of the molecule is CCOC(=O)C1CC1CC[C@@H](C)O[C@@H]1O[C@@H](C)[C@H](O)C[C@H]1C. The van der Waals surface area contributed by atoms with Crippen molar-refractivity contribution in [1.29, 1.82) is 0 Å².